The van der Waals surface area contributed by atoms with Gasteiger partial charge in [0.1, 0.15) is 11.3 Å². The Morgan fingerprint density at radius 2 is 1.95 bits per heavy atom. The van der Waals surface area contributed by atoms with Crippen molar-refractivity contribution in [2.24, 2.45) is 0 Å². The van der Waals surface area contributed by atoms with Gasteiger partial charge in [0.2, 0.25) is 0 Å². The predicted octanol–water partition coefficient (Wildman–Crippen LogP) is 3.26. The van der Waals surface area contributed by atoms with E-state index in [1.807, 2.05) is 59.3 Å². The Kier molecular flexibility index (Phi) is 2.50. The molecule has 0 unspecified atom stereocenters. The van der Waals surface area contributed by atoms with Gasteiger partial charge in [-0.05, 0) is 24.3 Å². The van der Waals surface area contributed by atoms with Crippen LogP contribution in [0.25, 0.3) is 28.5 Å². The molecule has 4 rings (SSSR count). The lowest BCUT2D eigenvalue weighted by atomic mass is 10.2. The maximum Gasteiger partial charge on any atom is 0.308 e. The molecule has 0 radical (unpaired) electrons. The third-order valence-electron chi connectivity index (χ3n) is 3.27. The van der Waals surface area contributed by atoms with Gasteiger partial charge in [-0.2, -0.15) is 4.98 Å². The minimum absolute atomic E-state index is 0.492. The number of nitrogen functional groups attached to an aromatic ring is 1. The first kappa shape index (κ1) is 11.7. The Morgan fingerprint density at radius 1 is 1.05 bits per heavy atom. The Labute approximate surface area is 120 Å². The van der Waals surface area contributed by atoms with Crippen molar-refractivity contribution >= 4 is 16.8 Å². The zero-order chi connectivity index (χ0) is 14.2. The fourth-order valence-corrected chi connectivity index (χ4v) is 2.31. The smallest absolute Gasteiger partial charge is 0.308 e. The quantitative estimate of drug-likeness (QED) is 0.570. The number of nitrogens with zero attached hydrogens (tertiary/aromatic N) is 3. The minimum Gasteiger partial charge on any atom is -0.423 e. The fourth-order valence-electron chi connectivity index (χ4n) is 2.31. The second-order valence-electron chi connectivity index (χ2n) is 4.71. The highest BCUT2D eigenvalue weighted by Gasteiger charge is 2.13. The van der Waals surface area contributed by atoms with E-state index in [0.29, 0.717) is 11.7 Å². The molecule has 0 aliphatic carbocycles. The van der Waals surface area contributed by atoms with Crippen molar-refractivity contribution < 1.29 is 4.42 Å². The lowest BCUT2D eigenvalue weighted by Crippen LogP contribution is -1.97. The van der Waals surface area contributed by atoms with Crippen molar-refractivity contribution in [1.29, 1.82) is 0 Å². The van der Waals surface area contributed by atoms with Crippen LogP contribution in [0.1, 0.15) is 0 Å². The van der Waals surface area contributed by atoms with Crippen molar-refractivity contribution in [3.05, 3.63) is 60.9 Å². The molecular weight excluding hydrogens is 264 g/mol. The van der Waals surface area contributed by atoms with Gasteiger partial charge < -0.3 is 10.2 Å². The van der Waals surface area contributed by atoms with Gasteiger partial charge in [-0.1, -0.05) is 24.3 Å². The summed E-state index contributed by atoms with van der Waals surface area (Å²) in [6.07, 6.45) is 3.54. The summed E-state index contributed by atoms with van der Waals surface area (Å²) in [5.41, 5.74) is 9.02. The van der Waals surface area contributed by atoms with E-state index in [2.05, 4.69) is 9.97 Å². The third kappa shape index (κ3) is 1.95. The Balaban J connectivity index is 1.88. The minimum atomic E-state index is 0.492. The summed E-state index contributed by atoms with van der Waals surface area (Å²) in [6.45, 7) is 0. The second-order valence-corrected chi connectivity index (χ2v) is 4.71. The van der Waals surface area contributed by atoms with Crippen molar-refractivity contribution in [1.82, 2.24) is 14.5 Å². The van der Waals surface area contributed by atoms with Crippen LogP contribution in [-0.2, 0) is 0 Å². The van der Waals surface area contributed by atoms with Crippen molar-refractivity contribution in [3.63, 3.8) is 0 Å². The highest BCUT2D eigenvalue weighted by Crippen LogP contribution is 2.24. The van der Waals surface area contributed by atoms with Crippen LogP contribution in [0.5, 0.6) is 0 Å². The second kappa shape index (κ2) is 4.49. The molecule has 4 aromatic rings. The largest absolute Gasteiger partial charge is 0.423 e. The molecule has 0 spiro atoms. The number of hydrogen-bond acceptors (Lipinski definition) is 4. The molecule has 0 saturated heterocycles. The fraction of sp³-hybridized carbons (Fsp3) is 0. The summed E-state index contributed by atoms with van der Waals surface area (Å²) in [5, 5.41) is 0. The van der Waals surface area contributed by atoms with Gasteiger partial charge in [0.05, 0.1) is 0 Å². The van der Waals surface area contributed by atoms with Gasteiger partial charge in [-0.3, -0.25) is 4.57 Å². The number of benzene rings is 2. The van der Waals surface area contributed by atoms with Gasteiger partial charge >= 0.3 is 6.01 Å². The molecule has 2 N–H and O–H groups in total. The molecule has 2 aromatic heterocycles. The standard InChI is InChI=1S/C16H12N4O/c17-12-5-3-4-11(10-12)15-18-8-9-20(15)16-19-13-6-1-2-7-14(13)21-16/h1-10H,17H2. The van der Waals surface area contributed by atoms with Gasteiger partial charge in [-0.25, -0.2) is 4.98 Å². The maximum atomic E-state index is 5.84. The number of hydrogen-bond donors (Lipinski definition) is 1. The number of oxazole rings is 1. The molecule has 0 aliphatic rings. The zero-order valence-electron chi connectivity index (χ0n) is 11.1. The average molecular weight is 276 g/mol. The Hall–Kier alpha value is -3.08. The number of fused-ring (bicyclic) bond motifs is 1. The first-order valence-corrected chi connectivity index (χ1v) is 6.56. The average Bonchev–Trinajstić information content (AvgIpc) is 3.13. The van der Waals surface area contributed by atoms with Crippen LogP contribution in [-0.4, -0.2) is 14.5 Å². The highest BCUT2D eigenvalue weighted by atomic mass is 16.4. The Morgan fingerprint density at radius 3 is 2.81 bits per heavy atom. The molecule has 2 heterocycles. The summed E-state index contributed by atoms with van der Waals surface area (Å²) in [4.78, 5) is 8.87. The molecule has 102 valence electrons. The molecule has 2 aromatic carbocycles. The van der Waals surface area contributed by atoms with Crippen molar-refractivity contribution in [2.45, 2.75) is 0 Å². The van der Waals surface area contributed by atoms with Crippen LogP contribution in [0.3, 0.4) is 0 Å². The molecule has 0 fully saturated rings. The molecule has 0 bridgehead atoms. The molecule has 21 heavy (non-hydrogen) atoms. The summed E-state index contributed by atoms with van der Waals surface area (Å²) in [6, 6.07) is 15.7. The van der Waals surface area contributed by atoms with Gasteiger partial charge in [-0.15, -0.1) is 0 Å². The van der Waals surface area contributed by atoms with Crippen LogP contribution in [0.4, 0.5) is 5.69 Å². The summed E-state index contributed by atoms with van der Waals surface area (Å²) >= 11 is 0. The molecule has 0 saturated carbocycles. The van der Waals surface area contributed by atoms with E-state index >= 15 is 0 Å². The summed E-state index contributed by atoms with van der Waals surface area (Å²) in [7, 11) is 0. The van der Waals surface area contributed by atoms with E-state index in [1.54, 1.807) is 6.20 Å². The summed E-state index contributed by atoms with van der Waals surface area (Å²) in [5.74, 6) is 0.744. The lowest BCUT2D eigenvalue weighted by Gasteiger charge is -2.04. The molecule has 0 amide bonds. The highest BCUT2D eigenvalue weighted by molar-refractivity contribution is 5.73. The molecular formula is C16H12N4O. The zero-order valence-corrected chi connectivity index (χ0v) is 11.1. The van der Waals surface area contributed by atoms with Crippen LogP contribution >= 0.6 is 0 Å². The number of para-hydroxylation sites is 2. The van der Waals surface area contributed by atoms with E-state index in [9.17, 15) is 0 Å². The van der Waals surface area contributed by atoms with Crippen LogP contribution in [0.2, 0.25) is 0 Å². The van der Waals surface area contributed by atoms with Crippen molar-refractivity contribution in [3.8, 4) is 17.4 Å². The maximum absolute atomic E-state index is 5.84. The van der Waals surface area contributed by atoms with E-state index in [4.69, 9.17) is 10.2 Å². The summed E-state index contributed by atoms with van der Waals surface area (Å²) < 4.78 is 7.60. The number of aromatic nitrogens is 3. The van der Waals surface area contributed by atoms with E-state index < -0.39 is 0 Å². The SMILES string of the molecule is Nc1cccc(-c2nccn2-c2nc3ccccc3o2)c1. The number of rotatable bonds is 2. The van der Waals surface area contributed by atoms with Gasteiger partial charge in [0.25, 0.3) is 0 Å². The van der Waals surface area contributed by atoms with Gasteiger partial charge in [0.15, 0.2) is 5.58 Å². The number of imidazole rings is 1. The molecule has 5 nitrogen and oxygen atoms in total. The number of anilines is 1. The molecule has 0 atom stereocenters. The lowest BCUT2D eigenvalue weighted by molar-refractivity contribution is 0.566. The molecule has 0 aliphatic heterocycles. The van der Waals surface area contributed by atoms with Crippen LogP contribution in [0.15, 0.2) is 65.3 Å². The van der Waals surface area contributed by atoms with E-state index in [0.717, 1.165) is 22.5 Å². The Bertz CT molecular complexity index is 890. The van der Waals surface area contributed by atoms with Crippen LogP contribution < -0.4 is 5.73 Å². The van der Waals surface area contributed by atoms with Crippen LogP contribution in [0, 0.1) is 0 Å². The first-order valence-electron chi connectivity index (χ1n) is 6.56. The van der Waals surface area contributed by atoms with E-state index in [-0.39, 0.29) is 0 Å². The molecule has 5 heteroatoms. The van der Waals surface area contributed by atoms with Gasteiger partial charge in [0, 0.05) is 23.6 Å². The normalized spacial score (nSPS) is 11.0. The topological polar surface area (TPSA) is 69.9 Å². The van der Waals surface area contributed by atoms with Crippen molar-refractivity contribution in [2.75, 3.05) is 5.73 Å². The predicted molar refractivity (Wildman–Crippen MR) is 81.0 cm³/mol. The number of nitrogens with two attached hydrogens (primary N) is 1. The monoisotopic (exact) mass is 276 g/mol. The first-order chi connectivity index (χ1) is 10.3. The third-order valence-corrected chi connectivity index (χ3v) is 3.27. The van der Waals surface area contributed by atoms with E-state index in [1.165, 1.54) is 0 Å².